The average Bonchev–Trinajstić information content (AvgIpc) is 3.43. The standard InChI is InChI=1S/C22H33N3O2S/c26-21(16-25-12-4-8-22(25)27)23-13-17-5-3-11-24(14-17)15-19-9-10-20(28-19)18-6-1-2-7-18/h9-10,17-18H,1-8,11-16H2,(H,23,26). The molecule has 3 heterocycles. The molecule has 4 rings (SSSR count). The summed E-state index contributed by atoms with van der Waals surface area (Å²) in [7, 11) is 0. The van der Waals surface area contributed by atoms with E-state index in [9.17, 15) is 9.59 Å². The van der Waals surface area contributed by atoms with Gasteiger partial charge in [-0.05, 0) is 62.6 Å². The van der Waals surface area contributed by atoms with E-state index in [0.717, 1.165) is 45.1 Å². The minimum absolute atomic E-state index is 0.00756. The zero-order chi connectivity index (χ0) is 19.3. The van der Waals surface area contributed by atoms with Crippen LogP contribution >= 0.6 is 11.3 Å². The average molecular weight is 404 g/mol. The maximum absolute atomic E-state index is 12.2. The first-order valence-electron chi connectivity index (χ1n) is 11.0. The quantitative estimate of drug-likeness (QED) is 0.760. The van der Waals surface area contributed by atoms with Crippen LogP contribution in [0, 0.1) is 5.92 Å². The van der Waals surface area contributed by atoms with Crippen LogP contribution < -0.4 is 5.32 Å². The highest BCUT2D eigenvalue weighted by atomic mass is 32.1. The monoisotopic (exact) mass is 403 g/mol. The predicted molar refractivity (Wildman–Crippen MR) is 112 cm³/mol. The number of likely N-dealkylation sites (tertiary alicyclic amines) is 2. The normalized spacial score (nSPS) is 24.2. The lowest BCUT2D eigenvalue weighted by Gasteiger charge is -2.32. The number of piperidine rings is 1. The van der Waals surface area contributed by atoms with Crippen LogP contribution in [0.25, 0.3) is 0 Å². The van der Waals surface area contributed by atoms with Crippen LogP contribution in [-0.4, -0.2) is 54.3 Å². The van der Waals surface area contributed by atoms with Gasteiger partial charge in [0.05, 0.1) is 6.54 Å². The van der Waals surface area contributed by atoms with Gasteiger partial charge in [0.15, 0.2) is 0 Å². The highest BCUT2D eigenvalue weighted by Crippen LogP contribution is 2.38. The van der Waals surface area contributed by atoms with Crippen LogP contribution in [0.1, 0.15) is 67.0 Å². The molecule has 154 valence electrons. The molecule has 3 fully saturated rings. The van der Waals surface area contributed by atoms with E-state index in [0.29, 0.717) is 12.3 Å². The molecule has 0 spiro atoms. The van der Waals surface area contributed by atoms with Crippen molar-refractivity contribution in [3.05, 3.63) is 21.9 Å². The van der Waals surface area contributed by atoms with Crippen molar-refractivity contribution >= 4 is 23.2 Å². The number of nitrogens with one attached hydrogen (secondary N) is 1. The molecule has 2 amide bonds. The van der Waals surface area contributed by atoms with E-state index in [1.54, 1.807) is 9.78 Å². The van der Waals surface area contributed by atoms with Gasteiger partial charge in [-0.2, -0.15) is 0 Å². The molecule has 1 unspecified atom stereocenters. The summed E-state index contributed by atoms with van der Waals surface area (Å²) in [5.74, 6) is 1.44. The molecule has 0 aromatic carbocycles. The van der Waals surface area contributed by atoms with Gasteiger partial charge >= 0.3 is 0 Å². The van der Waals surface area contributed by atoms with E-state index in [4.69, 9.17) is 0 Å². The lowest BCUT2D eigenvalue weighted by Crippen LogP contribution is -2.43. The van der Waals surface area contributed by atoms with E-state index in [1.165, 1.54) is 43.4 Å². The summed E-state index contributed by atoms with van der Waals surface area (Å²) in [5, 5.41) is 3.07. The van der Waals surface area contributed by atoms with Gasteiger partial charge in [0.1, 0.15) is 0 Å². The molecule has 1 aliphatic carbocycles. The van der Waals surface area contributed by atoms with Crippen LogP contribution in [0.15, 0.2) is 12.1 Å². The fourth-order valence-corrected chi connectivity index (χ4v) is 6.17. The van der Waals surface area contributed by atoms with E-state index in [1.807, 2.05) is 11.3 Å². The number of thiophene rings is 1. The van der Waals surface area contributed by atoms with Gasteiger partial charge in [0.2, 0.25) is 11.8 Å². The molecule has 3 aliphatic rings. The zero-order valence-corrected chi connectivity index (χ0v) is 17.6. The van der Waals surface area contributed by atoms with Crippen LogP contribution in [0.4, 0.5) is 0 Å². The van der Waals surface area contributed by atoms with E-state index >= 15 is 0 Å². The summed E-state index contributed by atoms with van der Waals surface area (Å²) >= 11 is 2.01. The van der Waals surface area contributed by atoms with Crippen LogP contribution in [0.5, 0.6) is 0 Å². The number of carbonyl (C=O) groups is 2. The highest BCUT2D eigenvalue weighted by molar-refractivity contribution is 7.12. The number of nitrogens with zero attached hydrogens (tertiary/aromatic N) is 2. The first kappa shape index (κ1) is 19.9. The van der Waals surface area contributed by atoms with Crippen molar-refractivity contribution in [3.63, 3.8) is 0 Å². The van der Waals surface area contributed by atoms with E-state index in [-0.39, 0.29) is 18.4 Å². The number of hydrogen-bond acceptors (Lipinski definition) is 4. The Balaban J connectivity index is 1.21. The van der Waals surface area contributed by atoms with Gasteiger partial charge in [0.25, 0.3) is 0 Å². The summed E-state index contributed by atoms with van der Waals surface area (Å²) in [6, 6.07) is 4.69. The van der Waals surface area contributed by atoms with Gasteiger partial charge in [-0.1, -0.05) is 12.8 Å². The second-order valence-corrected chi connectivity index (χ2v) is 9.95. The third-order valence-corrected chi connectivity index (χ3v) is 7.75. The molecule has 1 atom stereocenters. The van der Waals surface area contributed by atoms with Crippen molar-refractivity contribution in [1.82, 2.24) is 15.1 Å². The SMILES string of the molecule is O=C(CN1CCCC1=O)NCC1CCCN(Cc2ccc(C3CCCC3)s2)C1. The smallest absolute Gasteiger partial charge is 0.239 e. The largest absolute Gasteiger partial charge is 0.354 e. The summed E-state index contributed by atoms with van der Waals surface area (Å²) in [4.78, 5) is 31.1. The maximum Gasteiger partial charge on any atom is 0.239 e. The summed E-state index contributed by atoms with van der Waals surface area (Å²) in [6.07, 6.45) is 9.38. The number of hydrogen-bond donors (Lipinski definition) is 1. The van der Waals surface area contributed by atoms with Crippen LogP contribution in [0.3, 0.4) is 0 Å². The Morgan fingerprint density at radius 1 is 1.11 bits per heavy atom. The zero-order valence-electron chi connectivity index (χ0n) is 16.8. The van der Waals surface area contributed by atoms with E-state index < -0.39 is 0 Å². The highest BCUT2D eigenvalue weighted by Gasteiger charge is 2.25. The van der Waals surface area contributed by atoms with Gasteiger partial charge in [-0.3, -0.25) is 14.5 Å². The summed E-state index contributed by atoms with van der Waals surface area (Å²) in [6.45, 7) is 4.95. The van der Waals surface area contributed by atoms with Crippen molar-refractivity contribution in [2.75, 3.05) is 32.7 Å². The maximum atomic E-state index is 12.2. The molecule has 2 saturated heterocycles. The third-order valence-electron chi connectivity index (χ3n) is 6.52. The van der Waals surface area contributed by atoms with Crippen molar-refractivity contribution < 1.29 is 9.59 Å². The lowest BCUT2D eigenvalue weighted by atomic mass is 9.98. The fourth-order valence-electron chi connectivity index (χ4n) is 4.95. The van der Waals surface area contributed by atoms with Crippen molar-refractivity contribution in [2.45, 2.75) is 63.8 Å². The first-order valence-corrected chi connectivity index (χ1v) is 11.8. The van der Waals surface area contributed by atoms with Crippen LogP contribution in [-0.2, 0) is 16.1 Å². The second kappa shape index (κ2) is 9.40. The van der Waals surface area contributed by atoms with Gasteiger partial charge < -0.3 is 10.2 Å². The molecule has 1 aromatic heterocycles. The summed E-state index contributed by atoms with van der Waals surface area (Å²) in [5.41, 5.74) is 0. The van der Waals surface area contributed by atoms with Crippen molar-refractivity contribution in [1.29, 1.82) is 0 Å². The number of amides is 2. The van der Waals surface area contributed by atoms with E-state index in [2.05, 4.69) is 22.3 Å². The van der Waals surface area contributed by atoms with Gasteiger partial charge in [-0.15, -0.1) is 11.3 Å². The fraction of sp³-hybridized carbons (Fsp3) is 0.727. The first-order chi connectivity index (χ1) is 13.7. The summed E-state index contributed by atoms with van der Waals surface area (Å²) < 4.78 is 0. The topological polar surface area (TPSA) is 52.7 Å². The van der Waals surface area contributed by atoms with Crippen molar-refractivity contribution in [2.24, 2.45) is 5.92 Å². The van der Waals surface area contributed by atoms with Gasteiger partial charge in [-0.25, -0.2) is 0 Å². The minimum Gasteiger partial charge on any atom is -0.354 e. The second-order valence-electron chi connectivity index (χ2n) is 8.75. The molecule has 5 nitrogen and oxygen atoms in total. The van der Waals surface area contributed by atoms with Crippen LogP contribution in [0.2, 0.25) is 0 Å². The third kappa shape index (κ3) is 5.15. The van der Waals surface area contributed by atoms with Gasteiger partial charge in [0, 0.05) is 42.4 Å². The molecule has 0 radical (unpaired) electrons. The van der Waals surface area contributed by atoms with Crippen molar-refractivity contribution in [3.8, 4) is 0 Å². The Kier molecular flexibility index (Phi) is 6.68. The predicted octanol–water partition coefficient (Wildman–Crippen LogP) is 3.36. The molecule has 1 aromatic rings. The molecule has 6 heteroatoms. The minimum atomic E-state index is -0.00756. The molecule has 1 saturated carbocycles. The molecular formula is C22H33N3O2S. The number of rotatable bonds is 7. The molecular weight excluding hydrogens is 370 g/mol. The Bertz CT molecular complexity index is 683. The Morgan fingerprint density at radius 3 is 2.75 bits per heavy atom. The lowest BCUT2D eigenvalue weighted by molar-refractivity contribution is -0.133. The molecule has 0 bridgehead atoms. The molecule has 28 heavy (non-hydrogen) atoms. The Hall–Kier alpha value is -1.40. The molecule has 2 aliphatic heterocycles. The Labute approximate surface area is 172 Å². The Morgan fingerprint density at radius 2 is 1.96 bits per heavy atom. The molecule has 1 N–H and O–H groups in total. The number of carbonyl (C=O) groups excluding carboxylic acids is 2.